The van der Waals surface area contributed by atoms with E-state index in [0.717, 1.165) is 12.2 Å². The third-order valence-electron chi connectivity index (χ3n) is 6.95. The first kappa shape index (κ1) is 31.2. The number of hydrogen-bond acceptors (Lipinski definition) is 2. The van der Waals surface area contributed by atoms with Crippen LogP contribution >= 0.6 is 0 Å². The van der Waals surface area contributed by atoms with Crippen molar-refractivity contribution in [3.8, 4) is 5.75 Å². The molecule has 34 heavy (non-hydrogen) atoms. The molecule has 0 bridgehead atoms. The zero-order valence-corrected chi connectivity index (χ0v) is 24.6. The zero-order chi connectivity index (χ0) is 24.9. The minimum atomic E-state index is -1.66. The molecule has 1 aromatic rings. The van der Waals surface area contributed by atoms with E-state index in [4.69, 9.17) is 9.16 Å². The maximum absolute atomic E-state index is 6.81. The summed E-state index contributed by atoms with van der Waals surface area (Å²) in [4.78, 5) is 0. The van der Waals surface area contributed by atoms with E-state index in [2.05, 4.69) is 58.1 Å². The van der Waals surface area contributed by atoms with Crippen molar-refractivity contribution < 1.29 is 9.16 Å². The molecule has 0 aliphatic heterocycles. The van der Waals surface area contributed by atoms with Crippen molar-refractivity contribution in [1.29, 1.82) is 0 Å². The molecule has 198 valence electrons. The summed E-state index contributed by atoms with van der Waals surface area (Å²) in [5.74, 6) is 0.970. The second kappa shape index (κ2) is 20.4. The lowest BCUT2D eigenvalue weighted by atomic mass is 10.0. The summed E-state index contributed by atoms with van der Waals surface area (Å²) < 4.78 is 13.0. The van der Waals surface area contributed by atoms with Gasteiger partial charge in [0.2, 0.25) is 0 Å². The topological polar surface area (TPSA) is 18.5 Å². The van der Waals surface area contributed by atoms with E-state index >= 15 is 0 Å². The number of ether oxygens (including phenoxy) is 1. The van der Waals surface area contributed by atoms with Crippen LogP contribution in [0, 0.1) is 6.92 Å². The first-order valence-electron chi connectivity index (χ1n) is 14.8. The molecular weight excluding hydrogens is 432 g/mol. The van der Waals surface area contributed by atoms with Crippen LogP contribution in [-0.2, 0) is 4.43 Å². The Kier molecular flexibility index (Phi) is 18.7. The summed E-state index contributed by atoms with van der Waals surface area (Å²) in [7, 11) is -1.66. The van der Waals surface area contributed by atoms with Crippen molar-refractivity contribution in [2.75, 3.05) is 6.61 Å². The van der Waals surface area contributed by atoms with Gasteiger partial charge in [-0.3, -0.25) is 0 Å². The molecule has 0 amide bonds. The van der Waals surface area contributed by atoms with Gasteiger partial charge in [0.05, 0.1) is 6.10 Å². The largest absolute Gasteiger partial charge is 0.491 e. The fourth-order valence-electron chi connectivity index (χ4n) is 4.70. The first-order valence-corrected chi connectivity index (χ1v) is 18.0. The second-order valence-electron chi connectivity index (χ2n) is 11.1. The number of hydrogen-bond donors (Lipinski definition) is 0. The predicted octanol–water partition coefficient (Wildman–Crippen LogP) is 10.6. The Bertz CT molecular complexity index is 569. The molecular formula is C31H58O2Si. The van der Waals surface area contributed by atoms with Gasteiger partial charge < -0.3 is 9.16 Å². The molecule has 1 aromatic carbocycles. The Morgan fingerprint density at radius 1 is 0.647 bits per heavy atom. The van der Waals surface area contributed by atoms with Gasteiger partial charge in [-0.2, -0.15) is 0 Å². The fraction of sp³-hybridized carbons (Fsp3) is 0.806. The van der Waals surface area contributed by atoms with Crippen LogP contribution < -0.4 is 4.74 Å². The van der Waals surface area contributed by atoms with Crippen molar-refractivity contribution in [2.45, 2.75) is 155 Å². The predicted molar refractivity (Wildman–Crippen MR) is 154 cm³/mol. The molecule has 0 fully saturated rings. The first-order chi connectivity index (χ1) is 16.5. The van der Waals surface area contributed by atoms with Crippen LogP contribution in [0.3, 0.4) is 0 Å². The van der Waals surface area contributed by atoms with E-state index in [0.29, 0.717) is 6.61 Å². The third-order valence-corrected chi connectivity index (χ3v) is 9.48. The van der Waals surface area contributed by atoms with E-state index in [1.165, 1.54) is 114 Å². The molecule has 3 heteroatoms. The molecule has 0 aromatic heterocycles. The van der Waals surface area contributed by atoms with Crippen LogP contribution in [0.25, 0.3) is 0 Å². The van der Waals surface area contributed by atoms with Gasteiger partial charge in [-0.15, -0.1) is 0 Å². The van der Waals surface area contributed by atoms with Crippen molar-refractivity contribution in [3.05, 3.63) is 29.8 Å². The molecule has 2 nitrogen and oxygen atoms in total. The summed E-state index contributed by atoms with van der Waals surface area (Å²) in [5.41, 5.74) is 1.28. The number of benzene rings is 1. The fourth-order valence-corrected chi connectivity index (χ4v) is 7.01. The lowest BCUT2D eigenvalue weighted by Gasteiger charge is -2.30. The van der Waals surface area contributed by atoms with Crippen molar-refractivity contribution in [3.63, 3.8) is 0 Å². The minimum absolute atomic E-state index is 0.233. The quantitative estimate of drug-likeness (QED) is 0.112. The third kappa shape index (κ3) is 17.6. The number of rotatable bonds is 23. The Balaban J connectivity index is 2.37. The Morgan fingerprint density at radius 2 is 1.12 bits per heavy atom. The lowest BCUT2D eigenvalue weighted by molar-refractivity contribution is 0.110. The normalized spacial score (nSPS) is 12.7. The number of aryl methyl sites for hydroxylation is 1. The van der Waals surface area contributed by atoms with Crippen LogP contribution in [0.4, 0.5) is 0 Å². The van der Waals surface area contributed by atoms with Gasteiger partial charge in [0.25, 0.3) is 0 Å². The summed E-state index contributed by atoms with van der Waals surface area (Å²) in [6.45, 7) is 12.2. The molecule has 0 N–H and O–H groups in total. The van der Waals surface area contributed by atoms with E-state index in [1.54, 1.807) is 0 Å². The van der Waals surface area contributed by atoms with E-state index in [9.17, 15) is 0 Å². The SMILES string of the molecule is CCCCCCCCCCCCC(COc1ccc(C)cc1)O[Si](C)(C)CCCCCCCC. The maximum Gasteiger partial charge on any atom is 0.187 e. The van der Waals surface area contributed by atoms with Gasteiger partial charge in [-0.1, -0.05) is 134 Å². The molecule has 0 saturated heterocycles. The molecule has 0 aliphatic rings. The van der Waals surface area contributed by atoms with Crippen molar-refractivity contribution in [1.82, 2.24) is 0 Å². The maximum atomic E-state index is 6.81. The van der Waals surface area contributed by atoms with Crippen LogP contribution in [0.5, 0.6) is 5.75 Å². The molecule has 0 spiro atoms. The highest BCUT2D eigenvalue weighted by atomic mass is 28.4. The zero-order valence-electron chi connectivity index (χ0n) is 23.6. The highest BCUT2D eigenvalue weighted by Gasteiger charge is 2.26. The van der Waals surface area contributed by atoms with E-state index < -0.39 is 8.32 Å². The van der Waals surface area contributed by atoms with Crippen molar-refractivity contribution >= 4 is 8.32 Å². The average Bonchev–Trinajstić information content (AvgIpc) is 2.81. The summed E-state index contributed by atoms with van der Waals surface area (Å²) >= 11 is 0. The molecule has 1 atom stereocenters. The highest BCUT2D eigenvalue weighted by Crippen LogP contribution is 2.23. The van der Waals surface area contributed by atoms with Crippen LogP contribution in [-0.4, -0.2) is 21.0 Å². The molecule has 0 saturated carbocycles. The van der Waals surface area contributed by atoms with Gasteiger partial charge >= 0.3 is 0 Å². The second-order valence-corrected chi connectivity index (χ2v) is 15.4. The average molecular weight is 491 g/mol. The van der Waals surface area contributed by atoms with Crippen molar-refractivity contribution in [2.24, 2.45) is 0 Å². The van der Waals surface area contributed by atoms with Gasteiger partial charge in [-0.25, -0.2) is 0 Å². The summed E-state index contributed by atoms with van der Waals surface area (Å²) in [6, 6.07) is 9.71. The minimum Gasteiger partial charge on any atom is -0.491 e. The highest BCUT2D eigenvalue weighted by molar-refractivity contribution is 6.71. The van der Waals surface area contributed by atoms with Crippen LogP contribution in [0.1, 0.15) is 129 Å². The summed E-state index contributed by atoms with van der Waals surface area (Å²) in [6.07, 6.45) is 23.4. The van der Waals surface area contributed by atoms with Gasteiger partial charge in [0.1, 0.15) is 12.4 Å². The standard InChI is InChI=1S/C31H58O2Si/c1-6-8-10-12-14-15-16-17-18-20-22-31(28-32-30-25-23-29(3)24-26-30)33-34(4,5)27-21-19-13-11-9-7-2/h23-26,31H,6-22,27-28H2,1-5H3. The monoisotopic (exact) mass is 490 g/mol. The van der Waals surface area contributed by atoms with E-state index in [-0.39, 0.29) is 6.10 Å². The lowest BCUT2D eigenvalue weighted by Crippen LogP contribution is -2.38. The van der Waals surface area contributed by atoms with Crippen LogP contribution in [0.15, 0.2) is 24.3 Å². The van der Waals surface area contributed by atoms with Gasteiger partial charge in [0.15, 0.2) is 8.32 Å². The Hall–Kier alpha value is -0.803. The Morgan fingerprint density at radius 3 is 1.65 bits per heavy atom. The molecule has 0 aliphatic carbocycles. The number of unbranched alkanes of at least 4 members (excludes halogenated alkanes) is 14. The van der Waals surface area contributed by atoms with Crippen LogP contribution in [0.2, 0.25) is 19.1 Å². The van der Waals surface area contributed by atoms with Gasteiger partial charge in [-0.05, 0) is 44.6 Å². The smallest absolute Gasteiger partial charge is 0.187 e. The van der Waals surface area contributed by atoms with E-state index in [1.807, 2.05) is 0 Å². The summed E-state index contributed by atoms with van der Waals surface area (Å²) in [5, 5.41) is 0. The Labute approximate surface area is 214 Å². The van der Waals surface area contributed by atoms with Gasteiger partial charge in [0, 0.05) is 0 Å². The molecule has 1 unspecified atom stereocenters. The molecule has 0 radical (unpaired) electrons. The molecule has 1 rings (SSSR count). The molecule has 0 heterocycles.